The van der Waals surface area contributed by atoms with Gasteiger partial charge in [-0.15, -0.1) is 0 Å². The number of rotatable bonds is 3. The predicted molar refractivity (Wildman–Crippen MR) is 83.5 cm³/mol. The summed E-state index contributed by atoms with van der Waals surface area (Å²) in [6.45, 7) is 0. The number of thiazole rings is 1. The van der Waals surface area contributed by atoms with Crippen LogP contribution in [-0.4, -0.2) is 17.1 Å². The molecule has 0 amide bonds. The van der Waals surface area contributed by atoms with Crippen LogP contribution >= 0.6 is 11.3 Å². The van der Waals surface area contributed by atoms with Gasteiger partial charge in [-0.1, -0.05) is 23.5 Å². The van der Waals surface area contributed by atoms with Gasteiger partial charge in [0.25, 0.3) is 0 Å². The van der Waals surface area contributed by atoms with Crippen LogP contribution in [0.3, 0.4) is 0 Å². The summed E-state index contributed by atoms with van der Waals surface area (Å²) in [5.74, 6) is 0.752. The third kappa shape index (κ3) is 2.19. The zero-order valence-electron chi connectivity index (χ0n) is 11.2. The summed E-state index contributed by atoms with van der Waals surface area (Å²) in [6.07, 6.45) is 0. The maximum atomic E-state index is 5.66. The Morgan fingerprint density at radius 2 is 2.00 bits per heavy atom. The van der Waals surface area contributed by atoms with E-state index in [2.05, 4.69) is 15.3 Å². The van der Waals surface area contributed by atoms with E-state index < -0.39 is 0 Å². The first-order valence-corrected chi connectivity index (χ1v) is 7.21. The summed E-state index contributed by atoms with van der Waals surface area (Å²) >= 11 is 1.56. The Hall–Kier alpha value is -2.60. The smallest absolute Gasteiger partial charge is 0.302 e. The zero-order chi connectivity index (χ0) is 14.2. The van der Waals surface area contributed by atoms with Gasteiger partial charge in [0, 0.05) is 6.07 Å². The fourth-order valence-electron chi connectivity index (χ4n) is 2.10. The summed E-state index contributed by atoms with van der Waals surface area (Å²) in [5.41, 5.74) is 2.42. The van der Waals surface area contributed by atoms with Crippen molar-refractivity contribution < 1.29 is 9.15 Å². The van der Waals surface area contributed by atoms with E-state index in [4.69, 9.17) is 9.15 Å². The monoisotopic (exact) mass is 297 g/mol. The molecule has 0 spiro atoms. The number of aromatic nitrogens is 2. The normalized spacial score (nSPS) is 11.1. The van der Waals surface area contributed by atoms with Gasteiger partial charge >= 0.3 is 6.01 Å². The van der Waals surface area contributed by atoms with E-state index in [0.29, 0.717) is 11.6 Å². The number of nitrogens with zero attached hydrogens (tertiary/aromatic N) is 2. The van der Waals surface area contributed by atoms with Crippen molar-refractivity contribution in [3.8, 4) is 5.75 Å². The highest BCUT2D eigenvalue weighted by molar-refractivity contribution is 7.22. The van der Waals surface area contributed by atoms with Crippen LogP contribution in [0.5, 0.6) is 5.75 Å². The number of oxazole rings is 1. The second-order valence-corrected chi connectivity index (χ2v) is 5.50. The number of hydrogen-bond acceptors (Lipinski definition) is 6. The minimum atomic E-state index is 0.428. The molecule has 0 unspecified atom stereocenters. The van der Waals surface area contributed by atoms with Crippen molar-refractivity contribution in [3.63, 3.8) is 0 Å². The SMILES string of the molecule is COc1ccc2oc(Nc3nc4ccccc4s3)nc2c1. The molecule has 4 rings (SSSR count). The van der Waals surface area contributed by atoms with Gasteiger partial charge in [0.2, 0.25) is 0 Å². The molecule has 0 fully saturated rings. The summed E-state index contributed by atoms with van der Waals surface area (Å²) in [6, 6.07) is 13.9. The van der Waals surface area contributed by atoms with Gasteiger partial charge in [0.1, 0.15) is 11.3 Å². The number of methoxy groups -OCH3 is 1. The molecule has 104 valence electrons. The average molecular weight is 297 g/mol. The molecule has 0 saturated heterocycles. The third-order valence-electron chi connectivity index (χ3n) is 3.10. The Kier molecular flexibility index (Phi) is 2.75. The van der Waals surface area contributed by atoms with Gasteiger partial charge in [-0.2, -0.15) is 4.98 Å². The van der Waals surface area contributed by atoms with E-state index >= 15 is 0 Å². The highest BCUT2D eigenvalue weighted by Crippen LogP contribution is 2.29. The van der Waals surface area contributed by atoms with E-state index in [9.17, 15) is 0 Å². The Morgan fingerprint density at radius 3 is 2.86 bits per heavy atom. The Morgan fingerprint density at radius 1 is 1.10 bits per heavy atom. The average Bonchev–Trinajstić information content (AvgIpc) is 3.08. The lowest BCUT2D eigenvalue weighted by atomic mass is 10.3. The molecule has 0 aliphatic heterocycles. The molecular weight excluding hydrogens is 286 g/mol. The molecule has 0 bridgehead atoms. The number of nitrogens with one attached hydrogen (secondary N) is 1. The quantitative estimate of drug-likeness (QED) is 0.614. The molecular formula is C15H11N3O2S. The molecule has 5 nitrogen and oxygen atoms in total. The second kappa shape index (κ2) is 4.75. The first-order valence-electron chi connectivity index (χ1n) is 6.39. The van der Waals surface area contributed by atoms with Crippen LogP contribution in [0.4, 0.5) is 11.1 Å². The standard InChI is InChI=1S/C15H11N3O2S/c1-19-9-6-7-12-11(8-9)16-14(20-12)18-15-17-10-4-2-3-5-13(10)21-15/h2-8H,1H3,(H,16,17,18). The van der Waals surface area contributed by atoms with E-state index in [1.54, 1.807) is 18.4 Å². The van der Waals surface area contributed by atoms with Crippen LogP contribution in [0.1, 0.15) is 0 Å². The van der Waals surface area contributed by atoms with Crippen molar-refractivity contribution in [1.29, 1.82) is 0 Å². The maximum Gasteiger partial charge on any atom is 0.302 e. The Balaban J connectivity index is 1.69. The van der Waals surface area contributed by atoms with Crippen molar-refractivity contribution >= 4 is 43.8 Å². The second-order valence-electron chi connectivity index (χ2n) is 4.46. The Labute approximate surface area is 124 Å². The lowest BCUT2D eigenvalue weighted by Crippen LogP contribution is -1.88. The summed E-state index contributed by atoms with van der Waals surface area (Å²) in [4.78, 5) is 8.89. The topological polar surface area (TPSA) is 60.2 Å². The minimum absolute atomic E-state index is 0.428. The molecule has 0 saturated carbocycles. The van der Waals surface area contributed by atoms with Gasteiger partial charge in [0.05, 0.1) is 17.3 Å². The minimum Gasteiger partial charge on any atom is -0.497 e. The predicted octanol–water partition coefficient (Wildman–Crippen LogP) is 4.19. The Bertz CT molecular complexity index is 896. The summed E-state index contributed by atoms with van der Waals surface area (Å²) in [7, 11) is 1.63. The van der Waals surface area contributed by atoms with Crippen molar-refractivity contribution in [1.82, 2.24) is 9.97 Å². The third-order valence-corrected chi connectivity index (χ3v) is 4.05. The molecule has 0 radical (unpaired) electrons. The fraction of sp³-hybridized carbons (Fsp3) is 0.0667. The summed E-state index contributed by atoms with van der Waals surface area (Å²) < 4.78 is 12.0. The number of anilines is 2. The van der Waals surface area contributed by atoms with Crippen LogP contribution in [0.15, 0.2) is 46.9 Å². The van der Waals surface area contributed by atoms with Gasteiger partial charge in [-0.25, -0.2) is 4.98 Å². The highest BCUT2D eigenvalue weighted by Gasteiger charge is 2.09. The summed E-state index contributed by atoms with van der Waals surface area (Å²) in [5, 5.41) is 3.87. The van der Waals surface area contributed by atoms with Gasteiger partial charge in [-0.3, -0.25) is 5.32 Å². The number of benzene rings is 2. The number of fused-ring (bicyclic) bond motifs is 2. The van der Waals surface area contributed by atoms with Crippen LogP contribution in [0.25, 0.3) is 21.3 Å². The van der Waals surface area contributed by atoms with Crippen molar-refractivity contribution in [2.75, 3.05) is 12.4 Å². The first kappa shape index (κ1) is 12.2. The molecule has 2 aromatic carbocycles. The first-order chi connectivity index (χ1) is 10.3. The number of hydrogen-bond donors (Lipinski definition) is 1. The largest absolute Gasteiger partial charge is 0.497 e. The van der Waals surface area contributed by atoms with Crippen molar-refractivity contribution in [2.45, 2.75) is 0 Å². The van der Waals surface area contributed by atoms with Crippen molar-refractivity contribution in [2.24, 2.45) is 0 Å². The van der Waals surface area contributed by atoms with Crippen LogP contribution < -0.4 is 10.1 Å². The molecule has 0 aliphatic carbocycles. The lowest BCUT2D eigenvalue weighted by molar-refractivity contribution is 0.415. The molecule has 1 N–H and O–H groups in total. The van der Waals surface area contributed by atoms with E-state index in [-0.39, 0.29) is 0 Å². The molecule has 2 aromatic heterocycles. The van der Waals surface area contributed by atoms with Crippen LogP contribution in [0.2, 0.25) is 0 Å². The molecule has 6 heteroatoms. The lowest BCUT2D eigenvalue weighted by Gasteiger charge is -1.95. The van der Waals surface area contributed by atoms with Gasteiger partial charge in [0.15, 0.2) is 10.7 Å². The molecule has 21 heavy (non-hydrogen) atoms. The van der Waals surface area contributed by atoms with E-state index in [0.717, 1.165) is 26.6 Å². The van der Waals surface area contributed by atoms with Crippen molar-refractivity contribution in [3.05, 3.63) is 42.5 Å². The highest BCUT2D eigenvalue weighted by atomic mass is 32.1. The molecule has 4 aromatic rings. The molecule has 0 aliphatic rings. The number of ether oxygens (including phenoxy) is 1. The maximum absolute atomic E-state index is 5.66. The van der Waals surface area contributed by atoms with Gasteiger partial charge < -0.3 is 9.15 Å². The van der Waals surface area contributed by atoms with Gasteiger partial charge in [-0.05, 0) is 24.3 Å². The zero-order valence-corrected chi connectivity index (χ0v) is 12.0. The van der Waals surface area contributed by atoms with E-state index in [1.165, 1.54) is 0 Å². The number of para-hydroxylation sites is 1. The van der Waals surface area contributed by atoms with Crippen LogP contribution in [0, 0.1) is 0 Å². The van der Waals surface area contributed by atoms with Crippen LogP contribution in [-0.2, 0) is 0 Å². The molecule has 2 heterocycles. The molecule has 0 atom stereocenters. The van der Waals surface area contributed by atoms with E-state index in [1.807, 2.05) is 42.5 Å². The fourth-order valence-corrected chi connectivity index (χ4v) is 2.96.